The van der Waals surface area contributed by atoms with E-state index in [9.17, 15) is 14.4 Å². The molecule has 0 radical (unpaired) electrons. The fourth-order valence-corrected chi connectivity index (χ4v) is 2.58. The Morgan fingerprint density at radius 1 is 1.29 bits per heavy atom. The van der Waals surface area contributed by atoms with E-state index < -0.39 is 11.8 Å². The minimum atomic E-state index is -0.460. The molecular formula is C13H10N4O3S. The molecule has 0 saturated heterocycles. The molecule has 21 heavy (non-hydrogen) atoms. The number of hydrogen-bond acceptors (Lipinski definition) is 6. The van der Waals surface area contributed by atoms with Crippen molar-refractivity contribution in [3.05, 3.63) is 40.4 Å². The molecule has 1 aliphatic heterocycles. The lowest BCUT2D eigenvalue weighted by Gasteiger charge is -2.05. The van der Waals surface area contributed by atoms with E-state index in [0.717, 1.165) is 0 Å². The van der Waals surface area contributed by atoms with E-state index in [2.05, 4.69) is 15.6 Å². The molecule has 1 aromatic carbocycles. The number of fused-ring (bicyclic) bond motifs is 1. The van der Waals surface area contributed by atoms with Crippen LogP contribution in [0.1, 0.15) is 26.4 Å². The van der Waals surface area contributed by atoms with Gasteiger partial charge >= 0.3 is 0 Å². The van der Waals surface area contributed by atoms with Crippen molar-refractivity contribution >= 4 is 39.9 Å². The summed E-state index contributed by atoms with van der Waals surface area (Å²) < 4.78 is 0. The third-order valence-electron chi connectivity index (χ3n) is 2.93. The van der Waals surface area contributed by atoms with E-state index in [1.54, 1.807) is 11.4 Å². The van der Waals surface area contributed by atoms with Gasteiger partial charge in [0.2, 0.25) is 5.91 Å². The molecule has 1 aromatic heterocycles. The average molecular weight is 302 g/mol. The highest BCUT2D eigenvalue weighted by Crippen LogP contribution is 2.20. The Balaban J connectivity index is 1.74. The normalized spacial score (nSPS) is 13.0. The van der Waals surface area contributed by atoms with Gasteiger partial charge in [0.05, 0.1) is 23.2 Å². The van der Waals surface area contributed by atoms with Crippen LogP contribution in [0.2, 0.25) is 0 Å². The average Bonchev–Trinajstić information content (AvgIpc) is 2.94. The number of amides is 3. The molecule has 0 spiro atoms. The Labute approximate surface area is 123 Å². The van der Waals surface area contributed by atoms with Gasteiger partial charge in [0.15, 0.2) is 5.13 Å². The maximum atomic E-state index is 11.9. The second-order valence-corrected chi connectivity index (χ2v) is 5.34. The van der Waals surface area contributed by atoms with Gasteiger partial charge in [-0.3, -0.25) is 19.7 Å². The summed E-state index contributed by atoms with van der Waals surface area (Å²) in [4.78, 5) is 38.8. The quantitative estimate of drug-likeness (QED) is 0.725. The summed E-state index contributed by atoms with van der Waals surface area (Å²) in [5.74, 6) is -1.16. The third-order valence-corrected chi connectivity index (χ3v) is 3.65. The second-order valence-electron chi connectivity index (χ2n) is 4.45. The zero-order valence-electron chi connectivity index (χ0n) is 10.7. The van der Waals surface area contributed by atoms with Gasteiger partial charge in [0.1, 0.15) is 0 Å². The molecule has 0 fully saturated rings. The number of benzene rings is 1. The Kier molecular flexibility index (Phi) is 3.15. The third kappa shape index (κ3) is 2.61. The number of aromatic nitrogens is 1. The number of nitrogens with zero attached hydrogens (tertiary/aromatic N) is 1. The fraction of sp³-hybridized carbons (Fsp3) is 0.0769. The van der Waals surface area contributed by atoms with E-state index >= 15 is 0 Å². The van der Waals surface area contributed by atoms with Crippen LogP contribution in [0.3, 0.4) is 0 Å². The van der Waals surface area contributed by atoms with Crippen molar-refractivity contribution in [1.82, 2.24) is 10.3 Å². The maximum Gasteiger partial charge on any atom is 0.259 e. The fourth-order valence-electron chi connectivity index (χ4n) is 2.02. The van der Waals surface area contributed by atoms with E-state index in [4.69, 9.17) is 5.73 Å². The van der Waals surface area contributed by atoms with Crippen LogP contribution in [0.4, 0.5) is 10.8 Å². The van der Waals surface area contributed by atoms with E-state index in [1.807, 2.05) is 0 Å². The molecule has 0 aliphatic carbocycles. The van der Waals surface area contributed by atoms with Crippen LogP contribution >= 0.6 is 11.3 Å². The number of carbonyl (C=O) groups is 3. The minimum absolute atomic E-state index is 0.0932. The summed E-state index contributed by atoms with van der Waals surface area (Å²) in [6.45, 7) is 0. The van der Waals surface area contributed by atoms with Crippen molar-refractivity contribution in [3.8, 4) is 0 Å². The molecule has 0 unspecified atom stereocenters. The predicted molar refractivity (Wildman–Crippen MR) is 77.1 cm³/mol. The van der Waals surface area contributed by atoms with E-state index in [-0.39, 0.29) is 17.9 Å². The molecule has 2 heterocycles. The lowest BCUT2D eigenvalue weighted by atomic mass is 10.1. The van der Waals surface area contributed by atoms with Crippen LogP contribution < -0.4 is 16.4 Å². The summed E-state index contributed by atoms with van der Waals surface area (Å²) in [5.41, 5.74) is 7.10. The molecule has 4 N–H and O–H groups in total. The van der Waals surface area contributed by atoms with E-state index in [1.165, 1.54) is 23.5 Å². The van der Waals surface area contributed by atoms with Gasteiger partial charge in [-0.2, -0.15) is 0 Å². The zero-order chi connectivity index (χ0) is 15.0. The Bertz CT molecular complexity index is 769. The largest absolute Gasteiger partial charge is 0.375 e. The summed E-state index contributed by atoms with van der Waals surface area (Å²) in [7, 11) is 0. The Hall–Kier alpha value is -2.74. The predicted octanol–water partition coefficient (Wildman–Crippen LogP) is 0.790. The van der Waals surface area contributed by atoms with Crippen molar-refractivity contribution < 1.29 is 14.4 Å². The molecule has 3 rings (SSSR count). The Morgan fingerprint density at radius 2 is 2.05 bits per heavy atom. The number of hydrogen-bond donors (Lipinski definition) is 3. The maximum absolute atomic E-state index is 11.9. The first-order chi connectivity index (χ1) is 10.0. The summed E-state index contributed by atoms with van der Waals surface area (Å²) in [5, 5.41) is 6.97. The van der Waals surface area contributed by atoms with Gasteiger partial charge < -0.3 is 11.1 Å². The standard InChI is InChI=1S/C13H10N4O3S/c14-13-16-7(5-21-13)4-10(18)15-6-1-2-8-9(3-6)12(20)17-11(8)19/h1-3,5H,4H2,(H2,14,16)(H,15,18)(H,17,19,20). The lowest BCUT2D eigenvalue weighted by molar-refractivity contribution is -0.115. The lowest BCUT2D eigenvalue weighted by Crippen LogP contribution is -2.19. The van der Waals surface area contributed by atoms with Crippen molar-refractivity contribution in [2.45, 2.75) is 6.42 Å². The van der Waals surface area contributed by atoms with Crippen molar-refractivity contribution in [2.75, 3.05) is 11.1 Å². The van der Waals surface area contributed by atoms with Crippen LogP contribution in [0.5, 0.6) is 0 Å². The monoisotopic (exact) mass is 302 g/mol. The second kappa shape index (κ2) is 4.98. The molecule has 3 amide bonds. The van der Waals surface area contributed by atoms with Crippen LogP contribution in [0.15, 0.2) is 23.6 Å². The summed E-state index contributed by atoms with van der Waals surface area (Å²) >= 11 is 1.27. The molecule has 0 saturated carbocycles. The molecule has 2 aromatic rings. The summed E-state index contributed by atoms with van der Waals surface area (Å²) in [6, 6.07) is 4.55. The topological polar surface area (TPSA) is 114 Å². The van der Waals surface area contributed by atoms with Crippen LogP contribution in [-0.4, -0.2) is 22.7 Å². The number of anilines is 2. The number of nitrogens with one attached hydrogen (secondary N) is 2. The molecule has 0 bridgehead atoms. The molecule has 7 nitrogen and oxygen atoms in total. The molecular weight excluding hydrogens is 292 g/mol. The molecule has 106 valence electrons. The highest BCUT2D eigenvalue weighted by molar-refractivity contribution is 7.13. The molecule has 0 atom stereocenters. The number of thiazole rings is 1. The highest BCUT2D eigenvalue weighted by atomic mass is 32.1. The molecule has 1 aliphatic rings. The van der Waals surface area contributed by atoms with Crippen LogP contribution in [0.25, 0.3) is 0 Å². The highest BCUT2D eigenvalue weighted by Gasteiger charge is 2.26. The van der Waals surface area contributed by atoms with Gasteiger partial charge in [-0.05, 0) is 18.2 Å². The number of carbonyl (C=O) groups excluding carboxylic acids is 3. The zero-order valence-corrected chi connectivity index (χ0v) is 11.5. The number of rotatable bonds is 3. The SMILES string of the molecule is Nc1nc(CC(=O)Nc2ccc3c(c2)C(=O)NC3=O)cs1. The number of imide groups is 1. The first-order valence-corrected chi connectivity index (χ1v) is 6.90. The minimum Gasteiger partial charge on any atom is -0.375 e. The molecule has 8 heteroatoms. The first kappa shape index (κ1) is 13.3. The Morgan fingerprint density at radius 3 is 2.76 bits per heavy atom. The van der Waals surface area contributed by atoms with Crippen LogP contribution in [-0.2, 0) is 11.2 Å². The van der Waals surface area contributed by atoms with Gasteiger partial charge in [0.25, 0.3) is 11.8 Å². The van der Waals surface area contributed by atoms with Gasteiger partial charge in [-0.1, -0.05) is 0 Å². The summed E-state index contributed by atoms with van der Waals surface area (Å²) in [6.07, 6.45) is 0.0932. The van der Waals surface area contributed by atoms with Gasteiger partial charge in [-0.25, -0.2) is 4.98 Å². The first-order valence-electron chi connectivity index (χ1n) is 6.02. The number of nitrogen functional groups attached to an aromatic ring is 1. The van der Waals surface area contributed by atoms with E-state index in [0.29, 0.717) is 22.1 Å². The van der Waals surface area contributed by atoms with Gasteiger partial charge in [-0.15, -0.1) is 11.3 Å². The smallest absolute Gasteiger partial charge is 0.259 e. The number of nitrogens with two attached hydrogens (primary N) is 1. The van der Waals surface area contributed by atoms with Crippen molar-refractivity contribution in [1.29, 1.82) is 0 Å². The van der Waals surface area contributed by atoms with Crippen LogP contribution in [0, 0.1) is 0 Å². The van der Waals surface area contributed by atoms with Crippen molar-refractivity contribution in [2.24, 2.45) is 0 Å². The van der Waals surface area contributed by atoms with Crippen molar-refractivity contribution in [3.63, 3.8) is 0 Å². The van der Waals surface area contributed by atoms with Gasteiger partial charge in [0, 0.05) is 11.1 Å².